The number of aryl methyl sites for hydroxylation is 1. The highest BCUT2D eigenvalue weighted by Gasteiger charge is 2.31. The van der Waals surface area contributed by atoms with Gasteiger partial charge in [-0.2, -0.15) is 5.10 Å². The fourth-order valence-corrected chi connectivity index (χ4v) is 2.36. The molecule has 2 unspecified atom stereocenters. The van der Waals surface area contributed by atoms with Crippen LogP contribution < -0.4 is 5.73 Å². The Morgan fingerprint density at radius 1 is 1.37 bits per heavy atom. The third kappa shape index (κ3) is 4.58. The zero-order valence-corrected chi connectivity index (χ0v) is 12.9. The monoisotopic (exact) mass is 268 g/mol. The van der Waals surface area contributed by atoms with E-state index in [1.807, 2.05) is 11.6 Å². The van der Waals surface area contributed by atoms with E-state index in [2.05, 4.69) is 37.8 Å². The average molecular weight is 268 g/mol. The number of nitrogens with zero attached hydrogens (tertiary/aromatic N) is 3. The number of aromatic nitrogens is 3. The maximum atomic E-state index is 6.34. The fourth-order valence-electron chi connectivity index (χ4n) is 2.36. The zero-order chi connectivity index (χ0) is 14.5. The van der Waals surface area contributed by atoms with Gasteiger partial charge in [0.25, 0.3) is 0 Å². The molecule has 0 aliphatic carbocycles. The molecule has 0 radical (unpaired) electrons. The van der Waals surface area contributed by atoms with Crippen molar-refractivity contribution < 1.29 is 4.74 Å². The van der Waals surface area contributed by atoms with Gasteiger partial charge in [-0.25, -0.2) is 4.98 Å². The van der Waals surface area contributed by atoms with Crippen molar-refractivity contribution in [2.75, 3.05) is 6.61 Å². The van der Waals surface area contributed by atoms with Crippen LogP contribution in [0, 0.1) is 5.41 Å². The van der Waals surface area contributed by atoms with E-state index in [1.54, 1.807) is 6.33 Å². The van der Waals surface area contributed by atoms with E-state index in [0.717, 1.165) is 18.8 Å². The van der Waals surface area contributed by atoms with Gasteiger partial charge in [0, 0.05) is 25.6 Å². The second-order valence-electron chi connectivity index (χ2n) is 6.01. The number of nitrogens with two attached hydrogens (primary N) is 1. The van der Waals surface area contributed by atoms with Crippen LogP contribution in [0.3, 0.4) is 0 Å². The van der Waals surface area contributed by atoms with Crippen LogP contribution in [0.15, 0.2) is 6.33 Å². The second-order valence-corrected chi connectivity index (χ2v) is 6.01. The summed E-state index contributed by atoms with van der Waals surface area (Å²) in [6.07, 6.45) is 3.36. The summed E-state index contributed by atoms with van der Waals surface area (Å²) < 4.78 is 7.77. The Labute approximate surface area is 116 Å². The van der Waals surface area contributed by atoms with Gasteiger partial charge >= 0.3 is 0 Å². The van der Waals surface area contributed by atoms with E-state index in [9.17, 15) is 0 Å². The van der Waals surface area contributed by atoms with Gasteiger partial charge in [0.1, 0.15) is 12.2 Å². The highest BCUT2D eigenvalue weighted by molar-refractivity contribution is 4.94. The minimum atomic E-state index is -0.0697. The third-order valence-corrected chi connectivity index (χ3v) is 3.14. The first-order chi connectivity index (χ1) is 8.90. The molecular weight excluding hydrogens is 240 g/mol. The SMILES string of the molecule is CCCn1ncnc1CC(N)C(OCC)C(C)(C)C. The summed E-state index contributed by atoms with van der Waals surface area (Å²) in [6.45, 7) is 12.2. The lowest BCUT2D eigenvalue weighted by Gasteiger charge is -2.34. The maximum absolute atomic E-state index is 6.34. The Balaban J connectivity index is 2.75. The molecule has 5 nitrogen and oxygen atoms in total. The molecule has 1 heterocycles. The first-order valence-corrected chi connectivity index (χ1v) is 7.14. The normalized spacial score (nSPS) is 15.5. The molecule has 2 atom stereocenters. The molecule has 5 heteroatoms. The molecule has 0 bridgehead atoms. The molecule has 0 aromatic carbocycles. The van der Waals surface area contributed by atoms with Crippen LogP contribution in [0.4, 0.5) is 0 Å². The quantitative estimate of drug-likeness (QED) is 0.821. The Morgan fingerprint density at radius 2 is 2.05 bits per heavy atom. The van der Waals surface area contributed by atoms with Crippen molar-refractivity contribution in [3.8, 4) is 0 Å². The van der Waals surface area contributed by atoms with Crippen molar-refractivity contribution in [1.82, 2.24) is 14.8 Å². The lowest BCUT2D eigenvalue weighted by Crippen LogP contribution is -2.47. The van der Waals surface area contributed by atoms with Crippen molar-refractivity contribution in [2.24, 2.45) is 11.1 Å². The molecule has 1 rings (SSSR count). The molecule has 2 N–H and O–H groups in total. The van der Waals surface area contributed by atoms with Gasteiger partial charge < -0.3 is 10.5 Å². The molecule has 0 aliphatic rings. The fraction of sp³-hybridized carbons (Fsp3) is 0.857. The van der Waals surface area contributed by atoms with E-state index in [0.29, 0.717) is 13.0 Å². The summed E-state index contributed by atoms with van der Waals surface area (Å²) in [6, 6.07) is -0.0697. The number of hydrogen-bond acceptors (Lipinski definition) is 4. The van der Waals surface area contributed by atoms with Crippen LogP contribution in [0.5, 0.6) is 0 Å². The van der Waals surface area contributed by atoms with Gasteiger partial charge in [-0.15, -0.1) is 0 Å². The Morgan fingerprint density at radius 3 is 2.58 bits per heavy atom. The number of hydrogen-bond donors (Lipinski definition) is 1. The van der Waals surface area contributed by atoms with Gasteiger partial charge in [0.2, 0.25) is 0 Å². The van der Waals surface area contributed by atoms with Crippen molar-refractivity contribution in [3.63, 3.8) is 0 Å². The molecule has 0 amide bonds. The first-order valence-electron chi connectivity index (χ1n) is 7.14. The smallest absolute Gasteiger partial charge is 0.138 e. The summed E-state index contributed by atoms with van der Waals surface area (Å²) in [5.74, 6) is 0.948. The molecule has 0 aliphatic heterocycles. The summed E-state index contributed by atoms with van der Waals surface area (Å²) in [4.78, 5) is 4.32. The standard InChI is InChI=1S/C14H28N4O/c1-6-8-18-12(16-10-17-18)9-11(15)13(19-7-2)14(3,4)5/h10-11,13H,6-9,15H2,1-5H3. The van der Waals surface area contributed by atoms with E-state index < -0.39 is 0 Å². The molecular formula is C14H28N4O. The molecule has 110 valence electrons. The van der Waals surface area contributed by atoms with Crippen LogP contribution in [0.2, 0.25) is 0 Å². The zero-order valence-electron chi connectivity index (χ0n) is 12.9. The van der Waals surface area contributed by atoms with Gasteiger partial charge in [-0.1, -0.05) is 27.7 Å². The van der Waals surface area contributed by atoms with Crippen LogP contribution in [0.25, 0.3) is 0 Å². The van der Waals surface area contributed by atoms with Gasteiger partial charge in [-0.05, 0) is 18.8 Å². The van der Waals surface area contributed by atoms with E-state index in [1.165, 1.54) is 0 Å². The highest BCUT2D eigenvalue weighted by Crippen LogP contribution is 2.25. The average Bonchev–Trinajstić information content (AvgIpc) is 2.72. The maximum Gasteiger partial charge on any atom is 0.138 e. The van der Waals surface area contributed by atoms with Gasteiger partial charge in [0.05, 0.1) is 6.10 Å². The molecule has 0 spiro atoms. The first kappa shape index (κ1) is 16.1. The number of ether oxygens (including phenoxy) is 1. The van der Waals surface area contributed by atoms with Crippen molar-refractivity contribution in [3.05, 3.63) is 12.2 Å². The molecule has 0 saturated heterocycles. The predicted molar refractivity (Wildman–Crippen MR) is 76.9 cm³/mol. The Hall–Kier alpha value is -0.940. The lowest BCUT2D eigenvalue weighted by atomic mass is 9.83. The minimum absolute atomic E-state index is 0.0178. The minimum Gasteiger partial charge on any atom is -0.376 e. The molecule has 19 heavy (non-hydrogen) atoms. The summed E-state index contributed by atoms with van der Waals surface area (Å²) >= 11 is 0. The molecule has 1 aromatic rings. The van der Waals surface area contributed by atoms with Crippen LogP contribution in [-0.2, 0) is 17.7 Å². The largest absolute Gasteiger partial charge is 0.376 e. The summed E-state index contributed by atoms with van der Waals surface area (Å²) in [5, 5.41) is 4.24. The van der Waals surface area contributed by atoms with Gasteiger partial charge in [-0.3, -0.25) is 4.68 Å². The molecule has 0 fully saturated rings. The Bertz CT molecular complexity index is 370. The lowest BCUT2D eigenvalue weighted by molar-refractivity contribution is -0.0279. The predicted octanol–water partition coefficient (Wildman–Crippen LogP) is 2.01. The van der Waals surface area contributed by atoms with E-state index >= 15 is 0 Å². The molecule has 0 saturated carbocycles. The van der Waals surface area contributed by atoms with E-state index in [4.69, 9.17) is 10.5 Å². The topological polar surface area (TPSA) is 66.0 Å². The second kappa shape index (κ2) is 7.01. The van der Waals surface area contributed by atoms with Crippen molar-refractivity contribution in [2.45, 2.75) is 66.2 Å². The van der Waals surface area contributed by atoms with Gasteiger partial charge in [0.15, 0.2) is 0 Å². The van der Waals surface area contributed by atoms with Crippen LogP contribution in [0.1, 0.15) is 46.9 Å². The van der Waals surface area contributed by atoms with Crippen LogP contribution >= 0.6 is 0 Å². The summed E-state index contributed by atoms with van der Waals surface area (Å²) in [5.41, 5.74) is 6.36. The van der Waals surface area contributed by atoms with Crippen molar-refractivity contribution in [1.29, 1.82) is 0 Å². The van der Waals surface area contributed by atoms with Crippen LogP contribution in [-0.4, -0.2) is 33.5 Å². The summed E-state index contributed by atoms with van der Waals surface area (Å²) in [7, 11) is 0. The van der Waals surface area contributed by atoms with E-state index in [-0.39, 0.29) is 17.6 Å². The number of rotatable bonds is 7. The third-order valence-electron chi connectivity index (χ3n) is 3.14. The van der Waals surface area contributed by atoms with Crippen molar-refractivity contribution >= 4 is 0 Å². The highest BCUT2D eigenvalue weighted by atomic mass is 16.5. The molecule has 1 aromatic heterocycles. The Kier molecular flexibility index (Phi) is 5.94.